The normalized spacial score (nSPS) is 10.4. The van der Waals surface area contributed by atoms with Crippen molar-refractivity contribution in [2.45, 2.75) is 0 Å². The Balaban J connectivity index is 2.16. The monoisotopic (exact) mass is 320 g/mol. The fraction of sp³-hybridized carbons (Fsp3) is 0.100. The lowest BCUT2D eigenvalue weighted by Gasteiger charge is -2.16. The zero-order valence-electron chi connectivity index (χ0n) is 13.7. The van der Waals surface area contributed by atoms with E-state index in [2.05, 4.69) is 0 Å². The van der Waals surface area contributed by atoms with Gasteiger partial charge in [0.2, 0.25) is 0 Å². The first kappa shape index (κ1) is 15.7. The second-order valence-corrected chi connectivity index (χ2v) is 5.43. The zero-order chi connectivity index (χ0) is 17.1. The largest absolute Gasteiger partial charge is 0.496 e. The van der Waals surface area contributed by atoms with Gasteiger partial charge in [-0.25, -0.2) is 0 Å². The van der Waals surface area contributed by atoms with Gasteiger partial charge < -0.3 is 20.9 Å². The van der Waals surface area contributed by atoms with Crippen molar-refractivity contribution in [3.63, 3.8) is 0 Å². The highest BCUT2D eigenvalue weighted by Crippen LogP contribution is 2.41. The van der Waals surface area contributed by atoms with Crippen LogP contribution >= 0.6 is 0 Å². The van der Waals surface area contributed by atoms with E-state index >= 15 is 0 Å². The molecule has 0 heterocycles. The highest BCUT2D eigenvalue weighted by Gasteiger charge is 2.14. The molecule has 24 heavy (non-hydrogen) atoms. The molecular formula is C20H20N2O2. The van der Waals surface area contributed by atoms with Gasteiger partial charge in [0.05, 0.1) is 14.2 Å². The second-order valence-electron chi connectivity index (χ2n) is 5.43. The van der Waals surface area contributed by atoms with Crippen LogP contribution in [0.1, 0.15) is 0 Å². The molecule has 4 heteroatoms. The van der Waals surface area contributed by atoms with Crippen molar-refractivity contribution in [1.29, 1.82) is 0 Å². The summed E-state index contributed by atoms with van der Waals surface area (Å²) in [5, 5.41) is 0. The highest BCUT2D eigenvalue weighted by molar-refractivity contribution is 5.91. The predicted octanol–water partition coefficient (Wildman–Crippen LogP) is 4.20. The average molecular weight is 320 g/mol. The molecule has 0 atom stereocenters. The summed E-state index contributed by atoms with van der Waals surface area (Å²) < 4.78 is 10.9. The van der Waals surface area contributed by atoms with Crippen LogP contribution in [0, 0.1) is 0 Å². The third-order valence-electron chi connectivity index (χ3n) is 4.02. The Kier molecular flexibility index (Phi) is 4.29. The van der Waals surface area contributed by atoms with Crippen LogP contribution < -0.4 is 20.9 Å². The van der Waals surface area contributed by atoms with Crippen LogP contribution in [0.25, 0.3) is 22.3 Å². The van der Waals surface area contributed by atoms with Crippen molar-refractivity contribution in [1.82, 2.24) is 0 Å². The van der Waals surface area contributed by atoms with Crippen molar-refractivity contribution in [3.8, 4) is 33.8 Å². The van der Waals surface area contributed by atoms with Crippen molar-refractivity contribution in [2.24, 2.45) is 0 Å². The lowest BCUT2D eigenvalue weighted by atomic mass is 9.95. The zero-order valence-corrected chi connectivity index (χ0v) is 13.7. The van der Waals surface area contributed by atoms with E-state index in [-0.39, 0.29) is 0 Å². The SMILES string of the molecule is COc1ccccc1-c1cc(N)c(-c2ccccc2OC)cc1N. The Morgan fingerprint density at radius 2 is 0.958 bits per heavy atom. The predicted molar refractivity (Wildman–Crippen MR) is 99.2 cm³/mol. The van der Waals surface area contributed by atoms with Crippen LogP contribution in [-0.2, 0) is 0 Å². The summed E-state index contributed by atoms with van der Waals surface area (Å²) >= 11 is 0. The van der Waals surface area contributed by atoms with Crippen LogP contribution in [0.4, 0.5) is 11.4 Å². The number of nitrogens with two attached hydrogens (primary N) is 2. The molecule has 0 saturated heterocycles. The summed E-state index contributed by atoms with van der Waals surface area (Å²) in [5.74, 6) is 1.52. The lowest BCUT2D eigenvalue weighted by Crippen LogP contribution is -1.99. The lowest BCUT2D eigenvalue weighted by molar-refractivity contribution is 0.416. The molecule has 0 aliphatic heterocycles. The van der Waals surface area contributed by atoms with Crippen molar-refractivity contribution in [2.75, 3.05) is 25.7 Å². The van der Waals surface area contributed by atoms with Gasteiger partial charge in [-0.2, -0.15) is 0 Å². The van der Waals surface area contributed by atoms with Crippen LogP contribution in [0.5, 0.6) is 11.5 Å². The smallest absolute Gasteiger partial charge is 0.126 e. The first-order valence-electron chi connectivity index (χ1n) is 7.61. The van der Waals surface area contributed by atoms with Gasteiger partial charge in [-0.3, -0.25) is 0 Å². The Bertz CT molecular complexity index is 802. The van der Waals surface area contributed by atoms with Gasteiger partial charge in [0.25, 0.3) is 0 Å². The summed E-state index contributed by atoms with van der Waals surface area (Å²) in [6.45, 7) is 0. The van der Waals surface area contributed by atoms with E-state index in [1.54, 1.807) is 14.2 Å². The number of para-hydroxylation sites is 2. The van der Waals surface area contributed by atoms with E-state index in [9.17, 15) is 0 Å². The highest BCUT2D eigenvalue weighted by atomic mass is 16.5. The molecule has 0 radical (unpaired) electrons. The summed E-state index contributed by atoms with van der Waals surface area (Å²) in [6, 6.07) is 19.2. The molecule has 0 unspecified atom stereocenters. The minimum atomic E-state index is 0.634. The van der Waals surface area contributed by atoms with Crippen molar-refractivity contribution < 1.29 is 9.47 Å². The molecule has 0 fully saturated rings. The Morgan fingerprint density at radius 3 is 1.33 bits per heavy atom. The summed E-state index contributed by atoms with van der Waals surface area (Å²) in [5.41, 5.74) is 17.4. The van der Waals surface area contributed by atoms with Crippen LogP contribution in [-0.4, -0.2) is 14.2 Å². The average Bonchev–Trinajstić information content (AvgIpc) is 2.63. The molecule has 122 valence electrons. The Morgan fingerprint density at radius 1 is 0.583 bits per heavy atom. The second kappa shape index (κ2) is 6.54. The maximum atomic E-state index is 6.32. The van der Waals surface area contributed by atoms with Crippen molar-refractivity contribution in [3.05, 3.63) is 60.7 Å². The van der Waals surface area contributed by atoms with E-state index in [1.807, 2.05) is 60.7 Å². The van der Waals surface area contributed by atoms with Crippen molar-refractivity contribution >= 4 is 11.4 Å². The minimum absolute atomic E-state index is 0.634. The summed E-state index contributed by atoms with van der Waals surface area (Å²) in [4.78, 5) is 0. The van der Waals surface area contributed by atoms with Gasteiger partial charge in [-0.1, -0.05) is 36.4 Å². The van der Waals surface area contributed by atoms with E-state index in [0.717, 1.165) is 33.8 Å². The van der Waals surface area contributed by atoms with E-state index < -0.39 is 0 Å². The first-order chi connectivity index (χ1) is 11.7. The molecule has 0 aromatic heterocycles. The van der Waals surface area contributed by atoms with Gasteiger partial charge in [0.15, 0.2) is 0 Å². The molecule has 0 spiro atoms. The molecule has 4 nitrogen and oxygen atoms in total. The van der Waals surface area contributed by atoms with Gasteiger partial charge in [-0.05, 0) is 24.3 Å². The molecule has 0 aliphatic rings. The number of rotatable bonds is 4. The molecule has 0 amide bonds. The van der Waals surface area contributed by atoms with E-state index in [4.69, 9.17) is 20.9 Å². The van der Waals surface area contributed by atoms with Crippen LogP contribution in [0.3, 0.4) is 0 Å². The molecule has 4 N–H and O–H groups in total. The number of nitrogen functional groups attached to an aromatic ring is 2. The number of methoxy groups -OCH3 is 2. The number of hydrogen-bond donors (Lipinski definition) is 2. The molecule has 3 aromatic carbocycles. The Hall–Kier alpha value is -3.14. The third-order valence-corrected chi connectivity index (χ3v) is 4.02. The summed E-state index contributed by atoms with van der Waals surface area (Å²) in [6.07, 6.45) is 0. The molecule has 3 aromatic rings. The maximum Gasteiger partial charge on any atom is 0.126 e. The van der Waals surface area contributed by atoms with Gasteiger partial charge in [-0.15, -0.1) is 0 Å². The molecule has 0 aliphatic carbocycles. The van der Waals surface area contributed by atoms with E-state index in [1.165, 1.54) is 0 Å². The number of ether oxygens (including phenoxy) is 2. The van der Waals surface area contributed by atoms with Crippen LogP contribution in [0.2, 0.25) is 0 Å². The topological polar surface area (TPSA) is 70.5 Å². The van der Waals surface area contributed by atoms with Gasteiger partial charge >= 0.3 is 0 Å². The standard InChI is InChI=1S/C20H20N2O2/c1-23-19-9-5-3-7-13(19)15-11-18(22)16(12-17(15)21)14-8-4-6-10-20(14)24-2/h3-12H,21-22H2,1-2H3. The van der Waals surface area contributed by atoms with Gasteiger partial charge in [0, 0.05) is 33.6 Å². The van der Waals surface area contributed by atoms with Crippen LogP contribution in [0.15, 0.2) is 60.7 Å². The molecule has 3 rings (SSSR count). The fourth-order valence-corrected chi connectivity index (χ4v) is 2.83. The number of hydrogen-bond acceptors (Lipinski definition) is 4. The number of benzene rings is 3. The first-order valence-corrected chi connectivity index (χ1v) is 7.61. The maximum absolute atomic E-state index is 6.32. The number of anilines is 2. The fourth-order valence-electron chi connectivity index (χ4n) is 2.83. The minimum Gasteiger partial charge on any atom is -0.496 e. The van der Waals surface area contributed by atoms with E-state index in [0.29, 0.717) is 11.4 Å². The van der Waals surface area contributed by atoms with Gasteiger partial charge in [0.1, 0.15) is 11.5 Å². The molecular weight excluding hydrogens is 300 g/mol. The summed E-state index contributed by atoms with van der Waals surface area (Å²) in [7, 11) is 3.28. The molecule has 0 bridgehead atoms. The third kappa shape index (κ3) is 2.74. The Labute approximate surface area is 141 Å². The molecule has 0 saturated carbocycles. The quantitative estimate of drug-likeness (QED) is 0.707.